The van der Waals surface area contributed by atoms with Crippen molar-refractivity contribution >= 4 is 5.97 Å². The third-order valence-electron chi connectivity index (χ3n) is 1.63. The van der Waals surface area contributed by atoms with E-state index in [4.69, 9.17) is 4.74 Å². The van der Waals surface area contributed by atoms with Gasteiger partial charge < -0.3 is 9.72 Å². The number of imidazole rings is 1. The molecule has 1 aromatic rings. The number of hydrogen-bond acceptors (Lipinski definition) is 3. The zero-order valence-electron chi connectivity index (χ0n) is 7.49. The molecule has 13 heavy (non-hydrogen) atoms. The van der Waals surface area contributed by atoms with Crippen molar-refractivity contribution < 1.29 is 9.53 Å². The standard InChI is InChI=1S/C9H12N2O2/c1-3-6-13-9(12)7(2)8-10-4-5-11-8/h3-5,7H,1,6H2,2H3,(H,10,11). The molecule has 0 aliphatic heterocycles. The van der Waals surface area contributed by atoms with Gasteiger partial charge in [0.1, 0.15) is 18.3 Å². The van der Waals surface area contributed by atoms with Gasteiger partial charge in [0.25, 0.3) is 0 Å². The Bertz CT molecular complexity index is 280. The molecular formula is C9H12N2O2. The molecule has 0 fully saturated rings. The molecule has 1 aromatic heterocycles. The van der Waals surface area contributed by atoms with Crippen molar-refractivity contribution in [2.75, 3.05) is 6.61 Å². The molecule has 1 N–H and O–H groups in total. The Balaban J connectivity index is 2.52. The molecule has 0 spiro atoms. The van der Waals surface area contributed by atoms with E-state index in [0.717, 1.165) is 0 Å². The summed E-state index contributed by atoms with van der Waals surface area (Å²) in [6.07, 6.45) is 4.81. The number of H-pyrrole nitrogens is 1. The summed E-state index contributed by atoms with van der Waals surface area (Å²) in [4.78, 5) is 18.1. The molecule has 1 atom stereocenters. The van der Waals surface area contributed by atoms with Crippen molar-refractivity contribution in [1.82, 2.24) is 9.97 Å². The Kier molecular flexibility index (Phi) is 3.25. The minimum absolute atomic E-state index is 0.240. The minimum atomic E-state index is -0.352. The highest BCUT2D eigenvalue weighted by atomic mass is 16.5. The van der Waals surface area contributed by atoms with Crippen LogP contribution in [0.4, 0.5) is 0 Å². The fraction of sp³-hybridized carbons (Fsp3) is 0.333. The van der Waals surface area contributed by atoms with Crippen LogP contribution in [-0.4, -0.2) is 22.5 Å². The molecule has 4 heteroatoms. The van der Waals surface area contributed by atoms with Gasteiger partial charge in [-0.1, -0.05) is 12.7 Å². The fourth-order valence-electron chi connectivity index (χ4n) is 0.892. The Hall–Kier alpha value is -1.58. The lowest BCUT2D eigenvalue weighted by atomic mass is 10.2. The zero-order valence-corrected chi connectivity index (χ0v) is 7.49. The maximum Gasteiger partial charge on any atom is 0.316 e. The maximum atomic E-state index is 11.3. The van der Waals surface area contributed by atoms with Gasteiger partial charge in [-0.2, -0.15) is 0 Å². The van der Waals surface area contributed by atoms with Gasteiger partial charge in [0.15, 0.2) is 0 Å². The van der Waals surface area contributed by atoms with E-state index in [9.17, 15) is 4.79 Å². The van der Waals surface area contributed by atoms with E-state index in [0.29, 0.717) is 5.82 Å². The van der Waals surface area contributed by atoms with Gasteiger partial charge >= 0.3 is 5.97 Å². The summed E-state index contributed by atoms with van der Waals surface area (Å²) < 4.78 is 4.86. The molecule has 0 aliphatic rings. The first kappa shape index (κ1) is 9.51. The molecule has 70 valence electrons. The van der Waals surface area contributed by atoms with Gasteiger partial charge in [0.2, 0.25) is 0 Å². The normalized spacial score (nSPS) is 12.1. The third-order valence-corrected chi connectivity index (χ3v) is 1.63. The van der Waals surface area contributed by atoms with Crippen molar-refractivity contribution in [2.24, 2.45) is 0 Å². The lowest BCUT2D eigenvalue weighted by molar-refractivity contribution is -0.143. The molecule has 0 saturated heterocycles. The number of carbonyl (C=O) groups is 1. The lowest BCUT2D eigenvalue weighted by Crippen LogP contribution is -2.14. The predicted octanol–water partition coefficient (Wildman–Crippen LogP) is 1.24. The van der Waals surface area contributed by atoms with Crippen LogP contribution in [-0.2, 0) is 9.53 Å². The van der Waals surface area contributed by atoms with Crippen LogP contribution in [0.2, 0.25) is 0 Å². The van der Waals surface area contributed by atoms with Crippen molar-refractivity contribution in [1.29, 1.82) is 0 Å². The predicted molar refractivity (Wildman–Crippen MR) is 48.2 cm³/mol. The van der Waals surface area contributed by atoms with Gasteiger partial charge in [-0.15, -0.1) is 0 Å². The summed E-state index contributed by atoms with van der Waals surface area (Å²) in [6, 6.07) is 0. The first-order valence-corrected chi connectivity index (χ1v) is 4.02. The molecule has 0 radical (unpaired) electrons. The Morgan fingerprint density at radius 1 is 1.92 bits per heavy atom. The molecule has 1 heterocycles. The Morgan fingerprint density at radius 2 is 2.69 bits per heavy atom. The number of carbonyl (C=O) groups excluding carboxylic acids is 1. The highest BCUT2D eigenvalue weighted by molar-refractivity contribution is 5.76. The average Bonchev–Trinajstić information content (AvgIpc) is 2.65. The topological polar surface area (TPSA) is 55.0 Å². The second kappa shape index (κ2) is 4.45. The molecule has 4 nitrogen and oxygen atoms in total. The molecule has 0 amide bonds. The smallest absolute Gasteiger partial charge is 0.316 e. The van der Waals surface area contributed by atoms with E-state index in [1.807, 2.05) is 0 Å². The number of esters is 1. The van der Waals surface area contributed by atoms with Crippen LogP contribution < -0.4 is 0 Å². The summed E-state index contributed by atoms with van der Waals surface area (Å²) in [7, 11) is 0. The highest BCUT2D eigenvalue weighted by Gasteiger charge is 2.17. The van der Waals surface area contributed by atoms with Crippen molar-refractivity contribution in [3.8, 4) is 0 Å². The molecular weight excluding hydrogens is 168 g/mol. The van der Waals surface area contributed by atoms with Crippen molar-refractivity contribution in [2.45, 2.75) is 12.8 Å². The third kappa shape index (κ3) is 2.43. The first-order valence-electron chi connectivity index (χ1n) is 4.02. The Morgan fingerprint density at radius 3 is 3.23 bits per heavy atom. The van der Waals surface area contributed by atoms with Gasteiger partial charge in [-0.05, 0) is 6.92 Å². The molecule has 0 aromatic carbocycles. The van der Waals surface area contributed by atoms with Crippen molar-refractivity contribution in [3.05, 3.63) is 30.9 Å². The molecule has 1 unspecified atom stereocenters. The van der Waals surface area contributed by atoms with Crippen LogP contribution in [0.5, 0.6) is 0 Å². The van der Waals surface area contributed by atoms with Crippen molar-refractivity contribution in [3.63, 3.8) is 0 Å². The van der Waals surface area contributed by atoms with Crippen LogP contribution in [0.25, 0.3) is 0 Å². The lowest BCUT2D eigenvalue weighted by Gasteiger charge is -2.06. The first-order chi connectivity index (χ1) is 6.25. The van der Waals surface area contributed by atoms with E-state index in [2.05, 4.69) is 16.5 Å². The summed E-state index contributed by atoms with van der Waals surface area (Å²) in [5.41, 5.74) is 0. The van der Waals surface area contributed by atoms with E-state index >= 15 is 0 Å². The largest absolute Gasteiger partial charge is 0.461 e. The number of ether oxygens (including phenoxy) is 1. The number of aromatic amines is 1. The highest BCUT2D eigenvalue weighted by Crippen LogP contribution is 2.10. The van der Waals surface area contributed by atoms with Crippen LogP contribution in [0.3, 0.4) is 0 Å². The average molecular weight is 180 g/mol. The van der Waals surface area contributed by atoms with Crippen LogP contribution in [0, 0.1) is 0 Å². The second-order valence-corrected chi connectivity index (χ2v) is 2.61. The Labute approximate surface area is 76.6 Å². The van der Waals surface area contributed by atoms with E-state index in [1.54, 1.807) is 19.3 Å². The van der Waals surface area contributed by atoms with Gasteiger partial charge in [-0.3, -0.25) is 4.79 Å². The molecule has 1 rings (SSSR count). The summed E-state index contributed by atoms with van der Waals surface area (Å²) >= 11 is 0. The fourth-order valence-corrected chi connectivity index (χ4v) is 0.892. The van der Waals surface area contributed by atoms with Crippen LogP contribution >= 0.6 is 0 Å². The quantitative estimate of drug-likeness (QED) is 0.560. The zero-order chi connectivity index (χ0) is 9.68. The summed E-state index contributed by atoms with van der Waals surface area (Å²) in [5.74, 6) is -0.0288. The number of nitrogens with one attached hydrogen (secondary N) is 1. The molecule has 0 aliphatic carbocycles. The summed E-state index contributed by atoms with van der Waals surface area (Å²) in [6.45, 7) is 5.43. The molecule has 0 saturated carbocycles. The van der Waals surface area contributed by atoms with Gasteiger partial charge in [0, 0.05) is 12.4 Å². The number of nitrogens with zero attached hydrogens (tertiary/aromatic N) is 1. The van der Waals surface area contributed by atoms with E-state index < -0.39 is 0 Å². The van der Waals surface area contributed by atoms with Crippen LogP contribution in [0.1, 0.15) is 18.7 Å². The second-order valence-electron chi connectivity index (χ2n) is 2.61. The monoisotopic (exact) mass is 180 g/mol. The maximum absolute atomic E-state index is 11.3. The molecule has 0 bridgehead atoms. The summed E-state index contributed by atoms with van der Waals surface area (Å²) in [5, 5.41) is 0. The van der Waals surface area contributed by atoms with Gasteiger partial charge in [-0.25, -0.2) is 4.98 Å². The van der Waals surface area contributed by atoms with Crippen LogP contribution in [0.15, 0.2) is 25.0 Å². The van der Waals surface area contributed by atoms with E-state index in [1.165, 1.54) is 6.08 Å². The van der Waals surface area contributed by atoms with E-state index in [-0.39, 0.29) is 18.5 Å². The van der Waals surface area contributed by atoms with Gasteiger partial charge in [0.05, 0.1) is 0 Å². The SMILES string of the molecule is C=CCOC(=O)C(C)c1ncc[nH]1. The minimum Gasteiger partial charge on any atom is -0.461 e. The number of rotatable bonds is 4. The number of hydrogen-bond donors (Lipinski definition) is 1. The number of aromatic nitrogens is 2.